The second-order valence-electron chi connectivity index (χ2n) is 5.92. The summed E-state index contributed by atoms with van der Waals surface area (Å²) in [4.78, 5) is 0. The molecule has 0 spiro atoms. The average molecular weight is 243 g/mol. The highest BCUT2D eigenvalue weighted by molar-refractivity contribution is 5.22. The van der Waals surface area contributed by atoms with E-state index in [1.54, 1.807) is 5.57 Å². The number of nitrogens with one attached hydrogen (secondary N) is 1. The molecule has 1 nitrogen and oxygen atoms in total. The van der Waals surface area contributed by atoms with E-state index in [0.29, 0.717) is 0 Å². The molecule has 1 N–H and O–H groups in total. The van der Waals surface area contributed by atoms with Crippen molar-refractivity contribution in [3.8, 4) is 0 Å². The van der Waals surface area contributed by atoms with Crippen LogP contribution in [0.25, 0.3) is 0 Å². The van der Waals surface area contributed by atoms with Crippen LogP contribution in [0, 0.1) is 18.8 Å². The van der Waals surface area contributed by atoms with E-state index in [9.17, 15) is 0 Å². The van der Waals surface area contributed by atoms with Crippen LogP contribution in [-0.2, 0) is 6.54 Å². The molecular weight excluding hydrogens is 218 g/mol. The summed E-state index contributed by atoms with van der Waals surface area (Å²) in [5, 5.41) is 3.61. The fraction of sp³-hybridized carbons (Fsp3) is 0.529. The zero-order chi connectivity index (χ0) is 13.0. The number of rotatable bonds is 4. The second-order valence-corrected chi connectivity index (χ2v) is 5.92. The van der Waals surface area contributed by atoms with Crippen LogP contribution in [0.1, 0.15) is 37.8 Å². The first-order valence-corrected chi connectivity index (χ1v) is 7.07. The molecule has 2 atom stereocenters. The number of hydrogen-bond acceptors (Lipinski definition) is 1. The summed E-state index contributed by atoms with van der Waals surface area (Å²) >= 11 is 0. The summed E-state index contributed by atoms with van der Waals surface area (Å²) in [5.74, 6) is 1.57. The third kappa shape index (κ3) is 3.99. The molecule has 0 bridgehead atoms. The van der Waals surface area contributed by atoms with Crippen molar-refractivity contribution in [1.82, 2.24) is 5.32 Å². The summed E-state index contributed by atoms with van der Waals surface area (Å²) in [5.41, 5.74) is 4.31. The van der Waals surface area contributed by atoms with Crippen molar-refractivity contribution in [2.45, 2.75) is 40.2 Å². The van der Waals surface area contributed by atoms with Gasteiger partial charge in [0.15, 0.2) is 0 Å². The molecular formula is C17H25N. The molecule has 0 aliphatic heterocycles. The van der Waals surface area contributed by atoms with Gasteiger partial charge in [-0.3, -0.25) is 0 Å². The van der Waals surface area contributed by atoms with Gasteiger partial charge in [-0.05, 0) is 50.6 Å². The quantitative estimate of drug-likeness (QED) is 0.786. The van der Waals surface area contributed by atoms with Gasteiger partial charge in [0, 0.05) is 6.54 Å². The van der Waals surface area contributed by atoms with Crippen LogP contribution in [0.4, 0.5) is 0 Å². The van der Waals surface area contributed by atoms with Gasteiger partial charge in [-0.15, -0.1) is 0 Å². The molecule has 0 amide bonds. The van der Waals surface area contributed by atoms with E-state index in [1.165, 1.54) is 24.0 Å². The van der Waals surface area contributed by atoms with E-state index < -0.39 is 0 Å². The normalized spacial score (nSPS) is 23.8. The van der Waals surface area contributed by atoms with Gasteiger partial charge < -0.3 is 5.32 Å². The van der Waals surface area contributed by atoms with Crippen molar-refractivity contribution in [2.24, 2.45) is 11.8 Å². The first-order chi connectivity index (χ1) is 8.63. The molecule has 0 fully saturated rings. The Balaban J connectivity index is 1.77. The fourth-order valence-electron chi connectivity index (χ4n) is 3.08. The molecule has 1 aliphatic rings. The van der Waals surface area contributed by atoms with Gasteiger partial charge in [-0.25, -0.2) is 0 Å². The Morgan fingerprint density at radius 2 is 2.11 bits per heavy atom. The Kier molecular flexibility index (Phi) is 4.60. The van der Waals surface area contributed by atoms with Crippen LogP contribution >= 0.6 is 0 Å². The lowest BCUT2D eigenvalue weighted by Crippen LogP contribution is -2.25. The van der Waals surface area contributed by atoms with Crippen LogP contribution < -0.4 is 5.32 Å². The topological polar surface area (TPSA) is 12.0 Å². The van der Waals surface area contributed by atoms with E-state index in [4.69, 9.17) is 0 Å². The second kappa shape index (κ2) is 6.19. The maximum absolute atomic E-state index is 3.61. The van der Waals surface area contributed by atoms with E-state index >= 15 is 0 Å². The first kappa shape index (κ1) is 13.4. The van der Waals surface area contributed by atoms with Gasteiger partial charge in [0.05, 0.1) is 0 Å². The highest BCUT2D eigenvalue weighted by Gasteiger charge is 2.17. The lowest BCUT2D eigenvalue weighted by atomic mass is 9.84. The van der Waals surface area contributed by atoms with Crippen LogP contribution in [0.2, 0.25) is 0 Å². The lowest BCUT2D eigenvalue weighted by molar-refractivity contribution is 0.381. The van der Waals surface area contributed by atoms with Gasteiger partial charge in [-0.2, -0.15) is 0 Å². The Morgan fingerprint density at radius 1 is 1.28 bits per heavy atom. The summed E-state index contributed by atoms with van der Waals surface area (Å²) in [7, 11) is 0. The predicted octanol–water partition coefficient (Wildman–Crippen LogP) is 4.08. The number of aryl methyl sites for hydroxylation is 1. The van der Waals surface area contributed by atoms with Crippen molar-refractivity contribution in [1.29, 1.82) is 0 Å². The van der Waals surface area contributed by atoms with E-state index in [0.717, 1.165) is 24.9 Å². The lowest BCUT2D eigenvalue weighted by Gasteiger charge is -2.25. The summed E-state index contributed by atoms with van der Waals surface area (Å²) in [6, 6.07) is 8.76. The van der Waals surface area contributed by atoms with Gasteiger partial charge in [0.25, 0.3) is 0 Å². The molecule has 0 heterocycles. The molecule has 1 heteroatoms. The predicted molar refractivity (Wildman–Crippen MR) is 78.5 cm³/mol. The van der Waals surface area contributed by atoms with Gasteiger partial charge in [0.2, 0.25) is 0 Å². The van der Waals surface area contributed by atoms with Gasteiger partial charge in [0.1, 0.15) is 0 Å². The molecule has 0 saturated heterocycles. The Labute approximate surface area is 111 Å². The molecule has 0 radical (unpaired) electrons. The van der Waals surface area contributed by atoms with Crippen molar-refractivity contribution >= 4 is 0 Å². The zero-order valence-electron chi connectivity index (χ0n) is 11.9. The maximum atomic E-state index is 3.61. The van der Waals surface area contributed by atoms with Crippen molar-refractivity contribution in [3.05, 3.63) is 47.0 Å². The standard InChI is InChI=1S/C17H25N/c1-13-5-4-6-16(8-13)11-18-12-17-9-14(2)7-15(3)10-17/h4-8,14,17-18H,9-12H2,1-3H3. The Morgan fingerprint density at radius 3 is 2.83 bits per heavy atom. The minimum absolute atomic E-state index is 0.754. The highest BCUT2D eigenvalue weighted by atomic mass is 14.9. The molecule has 1 aliphatic carbocycles. The van der Waals surface area contributed by atoms with Crippen LogP contribution in [0.5, 0.6) is 0 Å². The maximum Gasteiger partial charge on any atom is 0.0205 e. The average Bonchev–Trinajstić information content (AvgIpc) is 2.27. The summed E-state index contributed by atoms with van der Waals surface area (Å²) < 4.78 is 0. The van der Waals surface area contributed by atoms with E-state index in [2.05, 4.69) is 56.4 Å². The summed E-state index contributed by atoms with van der Waals surface area (Å²) in [6.07, 6.45) is 5.03. The molecule has 0 saturated carbocycles. The smallest absolute Gasteiger partial charge is 0.0205 e. The number of benzene rings is 1. The largest absolute Gasteiger partial charge is 0.312 e. The van der Waals surface area contributed by atoms with Crippen molar-refractivity contribution < 1.29 is 0 Å². The molecule has 18 heavy (non-hydrogen) atoms. The van der Waals surface area contributed by atoms with Gasteiger partial charge >= 0.3 is 0 Å². The van der Waals surface area contributed by atoms with Crippen LogP contribution in [0.15, 0.2) is 35.9 Å². The molecule has 1 aromatic carbocycles. The van der Waals surface area contributed by atoms with Crippen LogP contribution in [0.3, 0.4) is 0 Å². The third-order valence-electron chi connectivity index (χ3n) is 3.73. The number of hydrogen-bond donors (Lipinski definition) is 1. The van der Waals surface area contributed by atoms with Crippen molar-refractivity contribution in [3.63, 3.8) is 0 Å². The molecule has 2 unspecified atom stereocenters. The zero-order valence-corrected chi connectivity index (χ0v) is 11.9. The Hall–Kier alpha value is -1.08. The molecule has 2 rings (SSSR count). The molecule has 98 valence electrons. The summed E-state index contributed by atoms with van der Waals surface area (Å²) in [6.45, 7) is 8.89. The SMILES string of the molecule is CC1=CC(C)CC(CNCc2cccc(C)c2)C1. The minimum atomic E-state index is 0.754. The fourth-order valence-corrected chi connectivity index (χ4v) is 3.08. The molecule has 1 aromatic rings. The van der Waals surface area contributed by atoms with Gasteiger partial charge in [-0.1, -0.05) is 48.4 Å². The third-order valence-corrected chi connectivity index (χ3v) is 3.73. The monoisotopic (exact) mass is 243 g/mol. The highest BCUT2D eigenvalue weighted by Crippen LogP contribution is 2.27. The van der Waals surface area contributed by atoms with Crippen LogP contribution in [-0.4, -0.2) is 6.54 Å². The minimum Gasteiger partial charge on any atom is -0.312 e. The van der Waals surface area contributed by atoms with E-state index in [-0.39, 0.29) is 0 Å². The van der Waals surface area contributed by atoms with Crippen molar-refractivity contribution in [2.75, 3.05) is 6.54 Å². The number of allylic oxidation sites excluding steroid dienone is 2. The van der Waals surface area contributed by atoms with E-state index in [1.807, 2.05) is 0 Å². The Bertz CT molecular complexity index is 419. The first-order valence-electron chi connectivity index (χ1n) is 7.07. The molecule has 0 aromatic heterocycles.